The number of hydrogen-bond acceptors (Lipinski definition) is 48. The molecule has 2 saturated heterocycles. The second-order valence-electron chi connectivity index (χ2n) is 40.0. The molecule has 8 aliphatic rings. The zero-order chi connectivity index (χ0) is 107. The van der Waals surface area contributed by atoms with Gasteiger partial charge in [-0.2, -0.15) is 5.10 Å². The van der Waals surface area contributed by atoms with Crippen molar-refractivity contribution < 1.29 is 234 Å². The van der Waals surface area contributed by atoms with Crippen LogP contribution in [0.25, 0.3) is 0 Å². The van der Waals surface area contributed by atoms with Gasteiger partial charge in [0.25, 0.3) is 30.7 Å². The molecule has 820 valence electrons. The second-order valence-corrected chi connectivity index (χ2v) is 40.0. The highest BCUT2D eigenvalue weighted by molar-refractivity contribution is 6.12. The van der Waals surface area contributed by atoms with Crippen LogP contribution in [0.3, 0.4) is 0 Å². The maximum atomic E-state index is 15.7. The molecule has 0 aromatic carbocycles. The van der Waals surface area contributed by atoms with Crippen LogP contribution in [0.2, 0.25) is 0 Å². The summed E-state index contributed by atoms with van der Waals surface area (Å²) in [5, 5.41) is 337. The lowest BCUT2D eigenvalue weighted by Crippen LogP contribution is -2.66. The molecule has 3 aliphatic heterocycles. The summed E-state index contributed by atoms with van der Waals surface area (Å²) in [5.41, 5.74) is -0.890. The number of carbonyl (C=O) groups excluding carboxylic acids is 4. The van der Waals surface area contributed by atoms with Crippen LogP contribution in [0.4, 0.5) is 0 Å². The third-order valence-corrected chi connectivity index (χ3v) is 29.5. The quantitative estimate of drug-likeness (QED) is 0.00406. The zero-order valence-corrected chi connectivity index (χ0v) is 81.9. The summed E-state index contributed by atoms with van der Waals surface area (Å²) in [6.07, 6.45) is -61.0. The van der Waals surface area contributed by atoms with Crippen molar-refractivity contribution in [2.24, 2.45) is 61.8 Å². The standard InChI is InChI=1S/C93H151N3O47/c1-13-51(135-83(128)72(123)76(52(14-2)134-42(6)101)141-87-69(120)63(114)50(106)37-132-87)64(115)77(142-88-70(121)65(116)74(41(5)133-88)138-84(129)71(122)73(40(4)100)137-81(126)67(118)61(112)46(102)25-31-97)85(130)143-79(124)44-35-89(7,8)34-43-45-19-20-54-90(9)27-24-55(136-86(131)78(140-82(127)68(119)62(113)47(103)26-32-98)75(48(104)33-58(109)110)139-80(125)66(117)60(111)39(3)99)91(10,53(90)23-28-92(54,11)93(45,12)36-49(105)59(43)44)38-95-94-29-17-15-16-18-30-96-56(107)21-22-57(96)108/h19,21-22,38-41,43-44,46-55,59,61,63,65,67,69-74,76,80-88,94,97-100,102-106,111-123,125-131H,13-18,20,23-37H2,1-12H3,(H,109,110)/b66-60-,68-62+,77-64-,78-75+,95-38+/t39?,40?,41?,43?,44-,46?,47?,48?,49-,50?,51?,52?,53?,54?,55+,59?,61?,63?,65?,67?,69?,70?,71?,72?,73?,74?,76?,80?,81?,82?,83?,84?,85?,86?,87?,88?,90+,91+,92-,93-/m1/s1. The SMILES string of the molecule is CCC(OC(O)C(O)C(OC1OCC(O)C(O)C1O)C(CC)OC(C)=O)/C(O)=C(/OC1OC(C)C(OC(O)C(O)C(OC(O)C(O)C(O)C(O)CCO)C(C)O)C(O)C1O)C(O)OC(=O)[C@@H]1CC(C)(C)CC2C3=CCC4[C@@]5(C)CC[C@H](OC(O)/C(OC(O)/C(O)=C(\O)C(O)CCO)=C(\OC(O)/C(O)=C(/O)C(C)O)C(O)CC(=O)O)[C@@](C)(/C=N/NCCCCCCN6C(=O)C=CC6=O)C5CC[C@@]4(C)[C@]3(C)C[C@@H](O)C21. The number of aliphatic carboxylic acids is 1. The van der Waals surface area contributed by atoms with E-state index in [1.165, 1.54) is 26.0 Å². The molecule has 3 heterocycles. The molecule has 6 fully saturated rings. The molecule has 33 unspecified atom stereocenters. The Morgan fingerprint density at radius 3 is 1.78 bits per heavy atom. The molecule has 0 radical (unpaired) electrons. The summed E-state index contributed by atoms with van der Waals surface area (Å²) >= 11 is 0. The van der Waals surface area contributed by atoms with Gasteiger partial charge in [-0.1, -0.05) is 79.9 Å². The number of nitrogens with zero attached hydrogens (tertiary/aromatic N) is 2. The van der Waals surface area contributed by atoms with Crippen LogP contribution in [-0.2, 0) is 80.8 Å². The number of amides is 2. The number of esters is 2. The van der Waals surface area contributed by atoms with Gasteiger partial charge in [0.15, 0.2) is 54.0 Å². The number of aliphatic hydroxyl groups excluding tert-OH is 29. The Morgan fingerprint density at radius 2 is 1.19 bits per heavy atom. The fourth-order valence-electron chi connectivity index (χ4n) is 21.7. The molecule has 50 heteroatoms. The first-order valence-corrected chi connectivity index (χ1v) is 48.1. The van der Waals surface area contributed by atoms with E-state index in [4.69, 9.17) is 61.9 Å². The fraction of sp³-hybridized carbons (Fsp3) is 0.806. The maximum absolute atomic E-state index is 15.7. The lowest BCUT2D eigenvalue weighted by Gasteiger charge is -2.71. The van der Waals surface area contributed by atoms with Gasteiger partial charge in [0.1, 0.15) is 104 Å². The van der Waals surface area contributed by atoms with Crippen molar-refractivity contribution in [3.63, 3.8) is 0 Å². The van der Waals surface area contributed by atoms with Gasteiger partial charge in [0.2, 0.25) is 29.9 Å². The summed E-state index contributed by atoms with van der Waals surface area (Å²) in [4.78, 5) is 66.1. The van der Waals surface area contributed by atoms with Crippen molar-refractivity contribution >= 4 is 35.9 Å². The molecule has 31 N–H and O–H groups in total. The average Bonchev–Trinajstić information content (AvgIpc) is 0.897. The minimum atomic E-state index is -2.93. The van der Waals surface area contributed by atoms with Crippen LogP contribution >= 0.6 is 0 Å². The highest BCUT2D eigenvalue weighted by atomic mass is 16.8. The van der Waals surface area contributed by atoms with E-state index >= 15 is 4.79 Å². The number of imide groups is 1. The molecule has 4 saturated carbocycles. The number of hydrazone groups is 1. The summed E-state index contributed by atoms with van der Waals surface area (Å²) in [6, 6.07) is 0. The van der Waals surface area contributed by atoms with Crippen molar-refractivity contribution in [3.8, 4) is 0 Å². The van der Waals surface area contributed by atoms with E-state index in [9.17, 15) is 172 Å². The van der Waals surface area contributed by atoms with Gasteiger partial charge in [-0.3, -0.25) is 28.9 Å². The van der Waals surface area contributed by atoms with E-state index in [-0.39, 0.29) is 51.1 Å². The van der Waals surface area contributed by atoms with E-state index < -0.39 is 363 Å². The summed E-state index contributed by atoms with van der Waals surface area (Å²) < 4.78 is 68.8. The third kappa shape index (κ3) is 28.0. The second kappa shape index (κ2) is 51.7. The van der Waals surface area contributed by atoms with E-state index in [0.717, 1.165) is 38.2 Å². The molecule has 0 aromatic heterocycles. The van der Waals surface area contributed by atoms with Crippen LogP contribution in [0.5, 0.6) is 0 Å². The number of nitrogens with one attached hydrogen (secondary N) is 1. The maximum Gasteiger partial charge on any atom is 0.312 e. The van der Waals surface area contributed by atoms with Crippen molar-refractivity contribution in [1.82, 2.24) is 10.3 Å². The van der Waals surface area contributed by atoms with Crippen molar-refractivity contribution in [3.05, 3.63) is 69.9 Å². The van der Waals surface area contributed by atoms with Gasteiger partial charge in [-0.05, 0) is 144 Å². The van der Waals surface area contributed by atoms with E-state index in [1.807, 2.05) is 20.8 Å². The van der Waals surface area contributed by atoms with Crippen molar-refractivity contribution in [2.45, 2.75) is 383 Å². The summed E-state index contributed by atoms with van der Waals surface area (Å²) in [5.74, 6) is -20.0. The average molecular weight is 2060 g/mol. The Morgan fingerprint density at radius 1 is 0.587 bits per heavy atom. The number of rotatable bonds is 53. The molecular formula is C93H151N3O47. The van der Waals surface area contributed by atoms with Crippen LogP contribution in [-0.4, -0.2) is 418 Å². The van der Waals surface area contributed by atoms with E-state index in [1.54, 1.807) is 13.1 Å². The van der Waals surface area contributed by atoms with Crippen molar-refractivity contribution in [2.75, 3.05) is 32.9 Å². The molecule has 40 atom stereocenters. The largest absolute Gasteiger partial charge is 0.506 e. The number of carbonyl (C=O) groups is 5. The molecule has 2 amide bonds. The smallest absolute Gasteiger partial charge is 0.312 e. The molecule has 0 bridgehead atoms. The van der Waals surface area contributed by atoms with Crippen LogP contribution in [0, 0.1) is 56.7 Å². The number of fused-ring (bicyclic) bond motifs is 7. The Hall–Kier alpha value is -7.38. The van der Waals surface area contributed by atoms with Crippen LogP contribution < -0.4 is 5.43 Å². The summed E-state index contributed by atoms with van der Waals surface area (Å²) in [7, 11) is 0. The van der Waals surface area contributed by atoms with E-state index in [0.29, 0.717) is 51.4 Å². The van der Waals surface area contributed by atoms with Crippen LogP contribution in [0.15, 0.2) is 75.0 Å². The number of carboxylic acids is 1. The third-order valence-electron chi connectivity index (χ3n) is 29.5. The number of unbranched alkanes of at least 4 members (excludes halogenated alkanes) is 3. The number of hydrogen-bond donors (Lipinski definition) is 31. The lowest BCUT2D eigenvalue weighted by molar-refractivity contribution is -0.330. The molecule has 143 heavy (non-hydrogen) atoms. The number of carboxylic acid groups (broad SMARTS) is 1. The predicted molar refractivity (Wildman–Crippen MR) is 484 cm³/mol. The van der Waals surface area contributed by atoms with Gasteiger partial charge in [0, 0.05) is 69.3 Å². The lowest BCUT2D eigenvalue weighted by atomic mass is 9.34. The van der Waals surface area contributed by atoms with Gasteiger partial charge in [-0.15, -0.1) is 0 Å². The Kier molecular flexibility index (Phi) is 43.7. The van der Waals surface area contributed by atoms with Gasteiger partial charge in [-0.25, -0.2) is 0 Å². The van der Waals surface area contributed by atoms with Gasteiger partial charge < -0.3 is 215 Å². The fourth-order valence-corrected chi connectivity index (χ4v) is 21.7. The molecule has 0 spiro atoms. The topological polar surface area (TPSA) is 831 Å². The summed E-state index contributed by atoms with van der Waals surface area (Å²) in [6.45, 7) is 16.9. The number of aliphatic hydroxyl groups is 29. The Balaban J connectivity index is 1.15. The Labute approximate surface area is 824 Å². The molecule has 50 nitrogen and oxygen atoms in total. The van der Waals surface area contributed by atoms with Gasteiger partial charge in [0.05, 0.1) is 49.5 Å². The highest BCUT2D eigenvalue weighted by Gasteiger charge is 2.70. The Bertz CT molecular complexity index is 4380. The van der Waals surface area contributed by atoms with E-state index in [2.05, 4.69) is 25.3 Å². The van der Waals surface area contributed by atoms with Crippen LogP contribution in [0.1, 0.15) is 192 Å². The number of ether oxygens (including phenoxy) is 12. The predicted octanol–water partition coefficient (Wildman–Crippen LogP) is -3.78. The number of allylic oxidation sites excluding steroid dienone is 2. The zero-order valence-electron chi connectivity index (χ0n) is 81.9. The monoisotopic (exact) mass is 2060 g/mol. The van der Waals surface area contributed by atoms with Gasteiger partial charge >= 0.3 is 17.9 Å². The minimum Gasteiger partial charge on any atom is -0.506 e. The normalized spacial score (nSPS) is 34.2. The first kappa shape index (κ1) is 121. The molecule has 8 rings (SSSR count). The van der Waals surface area contributed by atoms with Crippen molar-refractivity contribution in [1.29, 1.82) is 0 Å². The molecular weight excluding hydrogens is 1910 g/mol. The highest BCUT2D eigenvalue weighted by Crippen LogP contribution is 2.75. The minimum absolute atomic E-state index is 0.0244. The first-order chi connectivity index (χ1) is 66.8. The molecule has 5 aliphatic carbocycles. The molecule has 0 aromatic rings. The first-order valence-electron chi connectivity index (χ1n) is 48.1.